The number of hydrogen-bond donors (Lipinski definition) is 18. The van der Waals surface area contributed by atoms with E-state index in [0.717, 1.165) is 0 Å². The summed E-state index contributed by atoms with van der Waals surface area (Å²) in [5.41, 5.74) is -2.32. The number of aliphatic hydroxyl groups excluding tert-OH is 6. The molecule has 0 amide bonds. The van der Waals surface area contributed by atoms with E-state index in [1.54, 1.807) is 41.5 Å². The van der Waals surface area contributed by atoms with Gasteiger partial charge in [0.1, 0.15) is 0 Å². The zero-order valence-electron chi connectivity index (χ0n) is 34.3. The fourth-order valence-electron chi connectivity index (χ4n) is 2.11. The second-order valence-corrected chi connectivity index (χ2v) is 15.8. The van der Waals surface area contributed by atoms with Gasteiger partial charge in [0.05, 0.1) is 95.2 Å². The first-order valence-corrected chi connectivity index (χ1v) is 20.9. The fraction of sp³-hybridized carbons (Fsp3) is 0.824. The second kappa shape index (κ2) is 46.2. The van der Waals surface area contributed by atoms with Crippen molar-refractivity contribution < 1.29 is 94.8 Å². The van der Waals surface area contributed by atoms with Gasteiger partial charge in [-0.05, 0) is 38.5 Å². The minimum Gasteiger partial charge on any atom is -0.480 e. The molecule has 59 heavy (non-hydrogen) atoms. The molecule has 6 unspecified atom stereocenters. The molecule has 0 fully saturated rings. The molecule has 0 saturated heterocycles. The van der Waals surface area contributed by atoms with Crippen molar-refractivity contribution in [3.05, 3.63) is 0 Å². The van der Waals surface area contributed by atoms with Gasteiger partial charge in [-0.15, -0.1) is 0 Å². The fourth-order valence-corrected chi connectivity index (χ4v) is 2.11. The molecule has 0 aliphatic heterocycles. The summed E-state index contributed by atoms with van der Waals surface area (Å²) in [4.78, 5) is 59.1. The Bertz CT molecular complexity index is 877. The normalized spacial score (nSPS) is 13.3. The van der Waals surface area contributed by atoms with E-state index in [9.17, 15) is 28.8 Å². The highest BCUT2D eigenvalue weighted by atomic mass is 32.1. The smallest absolute Gasteiger partial charge is 0.316 e. The minimum atomic E-state index is -1.16. The second-order valence-electron chi connectivity index (χ2n) is 12.0. The lowest BCUT2D eigenvalue weighted by Crippen LogP contribution is -2.43. The number of carboxylic acid groups (broad SMARTS) is 6. The van der Waals surface area contributed by atoms with Crippen LogP contribution in [0.4, 0.5) is 0 Å². The Labute approximate surface area is 379 Å². The summed E-state index contributed by atoms with van der Waals surface area (Å²) in [6.07, 6.45) is 3.49. The van der Waals surface area contributed by atoms with E-state index in [1.165, 1.54) is 0 Å². The highest BCUT2D eigenvalue weighted by molar-refractivity contribution is 7.82. The van der Waals surface area contributed by atoms with Gasteiger partial charge in [-0.3, -0.25) is 28.8 Å². The van der Waals surface area contributed by atoms with E-state index in [2.05, 4.69) is 75.8 Å². The average molecular weight is 975 g/mol. The Morgan fingerprint density at radius 2 is 0.475 bits per heavy atom. The first-order chi connectivity index (χ1) is 27.2. The van der Waals surface area contributed by atoms with Crippen LogP contribution in [0.5, 0.6) is 0 Å². The Morgan fingerprint density at radius 3 is 0.525 bits per heavy atom. The van der Waals surface area contributed by atoms with Crippen molar-refractivity contribution in [3.8, 4) is 0 Å². The van der Waals surface area contributed by atoms with Crippen molar-refractivity contribution >= 4 is 112 Å². The van der Waals surface area contributed by atoms with Gasteiger partial charge in [0.2, 0.25) is 0 Å². The molecular weight excluding hydrogens is 905 g/mol. The van der Waals surface area contributed by atoms with E-state index in [1.807, 2.05) is 0 Å². The quantitative estimate of drug-likeness (QED) is 0.0685. The van der Waals surface area contributed by atoms with Gasteiger partial charge in [0.15, 0.2) is 0 Å². The molecule has 0 aromatic rings. The van der Waals surface area contributed by atoms with Crippen LogP contribution in [0.1, 0.15) is 80.1 Å². The summed E-state index contributed by atoms with van der Waals surface area (Å²) in [5, 5.41) is 99.9. The molecule has 0 heterocycles. The van der Waals surface area contributed by atoms with Crippen molar-refractivity contribution in [3.63, 3.8) is 0 Å². The molecule has 0 saturated carbocycles. The topological polar surface area (TPSA) is 354 Å². The number of aliphatic carboxylic acids is 6. The van der Waals surface area contributed by atoms with Gasteiger partial charge < -0.3 is 66.0 Å². The molecule has 19 nitrogen and oxygen atoms in total. The molecule has 25 heteroatoms. The molecule has 0 radical (unpaired) electrons. The molecule has 0 rings (SSSR count). The Morgan fingerprint density at radius 1 is 0.356 bits per heavy atom. The number of carbonyl (C=O) groups is 6. The summed E-state index contributed by atoms with van der Waals surface area (Å²) >= 11 is 22.4. The van der Waals surface area contributed by atoms with Gasteiger partial charge in [0.25, 0.3) is 0 Å². The van der Waals surface area contributed by atoms with Crippen LogP contribution in [-0.2, 0) is 33.5 Å². The number of hydrogen-bond acceptors (Lipinski definition) is 19. The molecular formula is C34H70O19S6. The van der Waals surface area contributed by atoms with Gasteiger partial charge in [-0.2, -0.15) is 75.8 Å². The van der Waals surface area contributed by atoms with Crippen LogP contribution in [0.2, 0.25) is 0 Å². The Kier molecular flexibility index (Phi) is 56.4. The first kappa shape index (κ1) is 72.1. The predicted molar refractivity (Wildman–Crippen MR) is 242 cm³/mol. The SMILES string of the molecule is CCC(S)C(=O)O.CCC(S)C(=O)O.CCC(S)C(=O)O.CCC(S)C(=O)O.CCC(S)C(=O)O.CCC(S)C(=O)O.OCC(CO)(CO)COCC(CO)(CO)CO. The largest absolute Gasteiger partial charge is 0.480 e. The molecule has 0 aromatic heterocycles. The van der Waals surface area contributed by atoms with E-state index < -0.39 is 118 Å². The first-order valence-electron chi connectivity index (χ1n) is 17.8. The van der Waals surface area contributed by atoms with Gasteiger partial charge >= 0.3 is 35.8 Å². The number of thiol groups is 6. The highest BCUT2D eigenvalue weighted by Crippen LogP contribution is 2.19. The molecule has 356 valence electrons. The Hall–Kier alpha value is -1.36. The maximum Gasteiger partial charge on any atom is 0.316 e. The lowest BCUT2D eigenvalue weighted by Gasteiger charge is -2.31. The van der Waals surface area contributed by atoms with Crippen LogP contribution in [0.25, 0.3) is 0 Å². The molecule has 12 N–H and O–H groups in total. The van der Waals surface area contributed by atoms with Crippen LogP contribution in [0.15, 0.2) is 0 Å². The standard InChI is InChI=1S/C10H22O7.6C4H8O2S/c11-1-9(2-12,3-13)7-17-8-10(4-14,5-15)6-16;6*1-2-3(7)4(5)6/h11-16H,1-8H2;6*3,7H,2H2,1H3,(H,5,6). The summed E-state index contributed by atoms with van der Waals surface area (Å²) in [6.45, 7) is 7.70. The zero-order valence-corrected chi connectivity index (χ0v) is 39.6. The predicted octanol–water partition coefficient (Wildman–Crippen LogP) is 1.61. The third kappa shape index (κ3) is 46.0. The van der Waals surface area contributed by atoms with Crippen LogP contribution in [0, 0.1) is 10.8 Å². The minimum absolute atomic E-state index is 0.141. The third-order valence-corrected chi connectivity index (χ3v) is 10.4. The van der Waals surface area contributed by atoms with Crippen molar-refractivity contribution in [2.45, 2.75) is 112 Å². The molecule has 6 atom stereocenters. The number of rotatable bonds is 22. The lowest BCUT2D eigenvalue weighted by molar-refractivity contribution is -0.137. The molecule has 0 bridgehead atoms. The van der Waals surface area contributed by atoms with Crippen molar-refractivity contribution in [1.82, 2.24) is 0 Å². The van der Waals surface area contributed by atoms with Crippen molar-refractivity contribution in [2.75, 3.05) is 52.9 Å². The molecule has 0 aliphatic rings. The van der Waals surface area contributed by atoms with E-state index in [4.69, 9.17) is 66.0 Å². The van der Waals surface area contributed by atoms with Crippen molar-refractivity contribution in [1.29, 1.82) is 0 Å². The third-order valence-electron chi connectivity index (χ3n) is 6.86. The molecule has 0 aliphatic carbocycles. The highest BCUT2D eigenvalue weighted by Gasteiger charge is 2.32. The number of aliphatic hydroxyl groups is 6. The molecule has 0 spiro atoms. The summed E-state index contributed by atoms with van der Waals surface area (Å²) in [5.74, 6) is -5.05. The lowest BCUT2D eigenvalue weighted by atomic mass is 9.91. The maximum atomic E-state index is 9.85. The summed E-state index contributed by atoms with van der Waals surface area (Å²) in [7, 11) is 0. The van der Waals surface area contributed by atoms with Gasteiger partial charge in [-0.1, -0.05) is 41.5 Å². The van der Waals surface area contributed by atoms with Crippen LogP contribution < -0.4 is 0 Å². The summed E-state index contributed by atoms with van der Waals surface area (Å²) < 4.78 is 5.15. The van der Waals surface area contributed by atoms with Crippen LogP contribution in [-0.4, -0.2) is 181 Å². The van der Waals surface area contributed by atoms with E-state index >= 15 is 0 Å². The maximum absolute atomic E-state index is 9.85. The van der Waals surface area contributed by atoms with Crippen molar-refractivity contribution in [2.24, 2.45) is 10.8 Å². The van der Waals surface area contributed by atoms with Crippen LogP contribution in [0.3, 0.4) is 0 Å². The zero-order chi connectivity index (χ0) is 48.5. The van der Waals surface area contributed by atoms with Crippen LogP contribution >= 0.6 is 75.8 Å². The Balaban J connectivity index is -0.000000112. The van der Waals surface area contributed by atoms with Gasteiger partial charge in [0, 0.05) is 0 Å². The van der Waals surface area contributed by atoms with Gasteiger partial charge in [-0.25, -0.2) is 0 Å². The summed E-state index contributed by atoms with van der Waals surface area (Å²) in [6, 6.07) is 0. The average Bonchev–Trinajstić information content (AvgIpc) is 3.23. The molecule has 0 aromatic carbocycles. The monoisotopic (exact) mass is 974 g/mol. The van der Waals surface area contributed by atoms with E-state index in [0.29, 0.717) is 38.5 Å². The van der Waals surface area contributed by atoms with E-state index in [-0.39, 0.29) is 13.2 Å². The number of ether oxygens (including phenoxy) is 1. The number of carboxylic acids is 6.